The number of carbonyl (C=O) groups excluding carboxylic acids is 1. The number of amides is 1. The lowest BCUT2D eigenvalue weighted by molar-refractivity contribution is 0.0536. The quantitative estimate of drug-likeness (QED) is 0.496. The van der Waals surface area contributed by atoms with Crippen molar-refractivity contribution in [3.63, 3.8) is 0 Å². The number of halogens is 1. The molecule has 0 saturated heterocycles. The minimum absolute atomic E-state index is 0.00166. The van der Waals surface area contributed by atoms with E-state index in [9.17, 15) is 9.90 Å². The number of aliphatic hydroxyl groups is 2. The van der Waals surface area contributed by atoms with Crippen LogP contribution in [0.15, 0.2) is 42.5 Å². The first kappa shape index (κ1) is 22.5. The number of nitrogens with zero attached hydrogens (tertiary/aromatic N) is 1. The number of aromatic nitrogens is 1. The summed E-state index contributed by atoms with van der Waals surface area (Å²) >= 11 is 6.24. The van der Waals surface area contributed by atoms with Crippen molar-refractivity contribution in [1.82, 2.24) is 9.88 Å². The van der Waals surface area contributed by atoms with Crippen LogP contribution in [-0.2, 0) is 11.2 Å². The molecule has 32 heavy (non-hydrogen) atoms. The molecule has 0 saturated carbocycles. The minimum atomic E-state index is -0.933. The second-order valence-electron chi connectivity index (χ2n) is 7.88. The molecule has 2 atom stereocenters. The van der Waals surface area contributed by atoms with Crippen molar-refractivity contribution in [2.24, 2.45) is 0 Å². The van der Waals surface area contributed by atoms with Crippen LogP contribution in [0.2, 0.25) is 5.02 Å². The van der Waals surface area contributed by atoms with Crippen molar-refractivity contribution in [3.05, 3.63) is 64.3 Å². The van der Waals surface area contributed by atoms with E-state index in [0.29, 0.717) is 30.3 Å². The highest BCUT2D eigenvalue weighted by Gasteiger charge is 2.35. The third kappa shape index (κ3) is 4.55. The Morgan fingerprint density at radius 1 is 1.28 bits per heavy atom. The number of nitrogens with one attached hydrogen (secondary N) is 1. The van der Waals surface area contributed by atoms with Gasteiger partial charge in [0, 0.05) is 28.2 Å². The maximum Gasteiger partial charge on any atom is 0.410 e. The highest BCUT2D eigenvalue weighted by molar-refractivity contribution is 6.31. The van der Waals surface area contributed by atoms with E-state index in [4.69, 9.17) is 26.2 Å². The smallest absolute Gasteiger partial charge is 0.410 e. The Bertz CT molecular complexity index is 1080. The first-order valence-corrected chi connectivity index (χ1v) is 11.1. The maximum atomic E-state index is 12.9. The SMILES string of the molecule is CCCOC(=O)N1CCc2c([nH]c3ccc(Cl)cc23)C1c1ccc(OCC(O)CO)cc1. The number of aromatic amines is 1. The second-order valence-corrected chi connectivity index (χ2v) is 8.32. The molecule has 1 aromatic heterocycles. The number of rotatable bonds is 7. The average Bonchev–Trinajstić information content (AvgIpc) is 3.18. The first-order valence-electron chi connectivity index (χ1n) is 10.8. The number of H-pyrrole nitrogens is 1. The number of ether oxygens (including phenoxy) is 2. The van der Waals surface area contributed by atoms with Crippen LogP contribution in [0.1, 0.15) is 36.2 Å². The molecular weight excluding hydrogens is 432 g/mol. The molecule has 2 unspecified atom stereocenters. The zero-order chi connectivity index (χ0) is 22.7. The summed E-state index contributed by atoms with van der Waals surface area (Å²) in [5, 5.41) is 20.2. The summed E-state index contributed by atoms with van der Waals surface area (Å²) < 4.78 is 11.0. The average molecular weight is 459 g/mol. The lowest BCUT2D eigenvalue weighted by Gasteiger charge is -2.35. The molecule has 2 aromatic carbocycles. The van der Waals surface area contributed by atoms with Crippen molar-refractivity contribution >= 4 is 28.6 Å². The molecule has 2 heterocycles. The maximum absolute atomic E-state index is 12.9. The van der Waals surface area contributed by atoms with Gasteiger partial charge in [0.05, 0.1) is 13.2 Å². The number of fused-ring (bicyclic) bond motifs is 3. The van der Waals surface area contributed by atoms with Crippen LogP contribution in [-0.4, -0.2) is 58.7 Å². The first-order chi connectivity index (χ1) is 15.5. The summed E-state index contributed by atoms with van der Waals surface area (Å²) in [6, 6.07) is 12.8. The summed E-state index contributed by atoms with van der Waals surface area (Å²) in [5.41, 5.74) is 3.99. The van der Waals surface area contributed by atoms with Crippen molar-refractivity contribution in [2.45, 2.75) is 31.9 Å². The molecule has 1 amide bonds. The fraction of sp³-hybridized carbons (Fsp3) is 0.375. The lowest BCUT2D eigenvalue weighted by Crippen LogP contribution is -2.41. The number of benzene rings is 2. The summed E-state index contributed by atoms with van der Waals surface area (Å²) in [6.45, 7) is 2.51. The van der Waals surface area contributed by atoms with Crippen molar-refractivity contribution in [1.29, 1.82) is 0 Å². The fourth-order valence-corrected chi connectivity index (χ4v) is 4.24. The summed E-state index contributed by atoms with van der Waals surface area (Å²) in [5.74, 6) is 0.570. The summed E-state index contributed by atoms with van der Waals surface area (Å²) in [7, 11) is 0. The van der Waals surface area contributed by atoms with Gasteiger partial charge >= 0.3 is 6.09 Å². The van der Waals surface area contributed by atoms with Crippen molar-refractivity contribution < 1.29 is 24.5 Å². The van der Waals surface area contributed by atoms with Gasteiger partial charge in [0.15, 0.2) is 0 Å². The largest absolute Gasteiger partial charge is 0.491 e. The lowest BCUT2D eigenvalue weighted by atomic mass is 9.92. The molecule has 0 fully saturated rings. The van der Waals surface area contributed by atoms with Crippen LogP contribution >= 0.6 is 11.6 Å². The zero-order valence-electron chi connectivity index (χ0n) is 17.9. The molecule has 3 N–H and O–H groups in total. The third-order valence-corrected chi connectivity index (χ3v) is 5.84. The van der Waals surface area contributed by atoms with Gasteiger partial charge in [-0.05, 0) is 54.3 Å². The molecule has 0 bridgehead atoms. The van der Waals surface area contributed by atoms with Crippen LogP contribution < -0.4 is 4.74 Å². The van der Waals surface area contributed by atoms with E-state index in [2.05, 4.69) is 4.98 Å². The zero-order valence-corrected chi connectivity index (χ0v) is 18.6. The van der Waals surface area contributed by atoms with E-state index in [0.717, 1.165) is 34.1 Å². The summed E-state index contributed by atoms with van der Waals surface area (Å²) in [4.78, 5) is 18.1. The van der Waals surface area contributed by atoms with Gasteiger partial charge in [-0.2, -0.15) is 0 Å². The molecular formula is C24H27ClN2O5. The molecule has 4 rings (SSSR count). The van der Waals surface area contributed by atoms with Crippen molar-refractivity contribution in [2.75, 3.05) is 26.4 Å². The van der Waals surface area contributed by atoms with Gasteiger partial charge < -0.3 is 24.7 Å². The van der Waals surface area contributed by atoms with Crippen LogP contribution in [0.5, 0.6) is 5.75 Å². The molecule has 8 heteroatoms. The van der Waals surface area contributed by atoms with Gasteiger partial charge in [0.2, 0.25) is 0 Å². The van der Waals surface area contributed by atoms with E-state index in [1.165, 1.54) is 0 Å². The standard InChI is InChI=1S/C24H27ClN2O5/c1-2-11-31-24(30)27-10-9-19-20-12-16(25)5-8-21(20)26-22(19)23(27)15-3-6-18(7-4-15)32-14-17(29)13-28/h3-8,12,17,23,26,28-29H,2,9-11,13-14H2,1H3. The van der Waals surface area contributed by atoms with Gasteiger partial charge in [-0.1, -0.05) is 30.7 Å². The molecule has 7 nitrogen and oxygen atoms in total. The Balaban J connectivity index is 1.70. The monoisotopic (exact) mass is 458 g/mol. The number of hydrogen-bond acceptors (Lipinski definition) is 5. The van der Waals surface area contributed by atoms with E-state index in [1.807, 2.05) is 37.3 Å². The molecule has 0 radical (unpaired) electrons. The fourth-order valence-electron chi connectivity index (χ4n) is 4.07. The van der Waals surface area contributed by atoms with Crippen LogP contribution in [0, 0.1) is 0 Å². The molecule has 3 aromatic rings. The van der Waals surface area contributed by atoms with Crippen LogP contribution in [0.4, 0.5) is 4.79 Å². The highest BCUT2D eigenvalue weighted by Crippen LogP contribution is 2.39. The second kappa shape index (κ2) is 9.81. The minimum Gasteiger partial charge on any atom is -0.491 e. The van der Waals surface area contributed by atoms with E-state index in [-0.39, 0.29) is 25.3 Å². The molecule has 170 valence electrons. The Kier molecular flexibility index (Phi) is 6.89. The summed E-state index contributed by atoms with van der Waals surface area (Å²) in [6.07, 6.45) is 0.183. The van der Waals surface area contributed by atoms with Gasteiger partial charge in [-0.15, -0.1) is 0 Å². The highest BCUT2D eigenvalue weighted by atomic mass is 35.5. The Labute approximate surface area is 191 Å². The number of aliphatic hydroxyl groups excluding tert-OH is 2. The Hall–Kier alpha value is -2.74. The topological polar surface area (TPSA) is 95.0 Å². The molecule has 1 aliphatic heterocycles. The molecule has 0 aliphatic carbocycles. The van der Waals surface area contributed by atoms with E-state index in [1.54, 1.807) is 17.0 Å². The predicted octanol–water partition coefficient (Wildman–Crippen LogP) is 4.05. The molecule has 1 aliphatic rings. The van der Waals surface area contributed by atoms with Crippen LogP contribution in [0.3, 0.4) is 0 Å². The van der Waals surface area contributed by atoms with E-state index >= 15 is 0 Å². The van der Waals surface area contributed by atoms with Gasteiger partial charge in [-0.25, -0.2) is 4.79 Å². The normalized spacial score (nSPS) is 16.6. The number of hydrogen-bond donors (Lipinski definition) is 3. The third-order valence-electron chi connectivity index (χ3n) is 5.60. The number of carbonyl (C=O) groups is 1. The van der Waals surface area contributed by atoms with E-state index < -0.39 is 6.10 Å². The van der Waals surface area contributed by atoms with Gasteiger partial charge in [0.1, 0.15) is 24.5 Å². The Morgan fingerprint density at radius 2 is 2.06 bits per heavy atom. The molecule has 0 spiro atoms. The van der Waals surface area contributed by atoms with Gasteiger partial charge in [0.25, 0.3) is 0 Å². The van der Waals surface area contributed by atoms with Crippen LogP contribution in [0.25, 0.3) is 10.9 Å². The van der Waals surface area contributed by atoms with Crippen molar-refractivity contribution in [3.8, 4) is 5.75 Å². The Morgan fingerprint density at radius 3 is 2.78 bits per heavy atom. The predicted molar refractivity (Wildman–Crippen MR) is 122 cm³/mol. The van der Waals surface area contributed by atoms with Gasteiger partial charge in [-0.3, -0.25) is 4.90 Å².